The van der Waals surface area contributed by atoms with Gasteiger partial charge in [-0.25, -0.2) is 9.78 Å². The first-order valence-electron chi connectivity index (χ1n) is 6.07. The van der Waals surface area contributed by atoms with Crippen LogP contribution in [0, 0.1) is 0 Å². The maximum Gasteiger partial charge on any atom is 0.356 e. The predicted octanol–water partition coefficient (Wildman–Crippen LogP) is 2.36. The molecule has 0 saturated carbocycles. The van der Waals surface area contributed by atoms with E-state index in [0.717, 1.165) is 11.3 Å². The van der Waals surface area contributed by atoms with E-state index in [1.54, 1.807) is 12.1 Å². The topological polar surface area (TPSA) is 103 Å². The third kappa shape index (κ3) is 3.29. The Morgan fingerprint density at radius 1 is 1.14 bits per heavy atom. The number of thiazole rings is 1. The number of benzene rings is 1. The number of rotatable bonds is 4. The van der Waals surface area contributed by atoms with Crippen LogP contribution in [0.2, 0.25) is 0 Å². The summed E-state index contributed by atoms with van der Waals surface area (Å²) < 4.78 is 10.1. The number of ether oxygens (including phenoxy) is 2. The van der Waals surface area contributed by atoms with Gasteiger partial charge in [0.15, 0.2) is 17.2 Å². The summed E-state index contributed by atoms with van der Waals surface area (Å²) >= 11 is 1.08. The highest BCUT2D eigenvalue weighted by atomic mass is 32.1. The summed E-state index contributed by atoms with van der Waals surface area (Å²) in [6, 6.07) is 4.57. The van der Waals surface area contributed by atoms with E-state index in [9.17, 15) is 14.4 Å². The Balaban J connectivity index is 2.63. The van der Waals surface area contributed by atoms with Crippen LogP contribution >= 0.6 is 11.3 Å². The van der Waals surface area contributed by atoms with Crippen LogP contribution in [0.4, 0.5) is 0 Å². The number of hydrogen-bond donors (Lipinski definition) is 1. The van der Waals surface area contributed by atoms with Crippen LogP contribution in [0.15, 0.2) is 23.7 Å². The number of carbonyl (C=O) groups excluding carboxylic acids is 2. The standard InChI is InChI=1S/C14H11NO6S/c1-7(16)20-10-5-3-4-9(12(10)21-8(2)17)13-11(14(18)19)15-6-22-13/h3-6H,1-2H3,(H,18,19). The van der Waals surface area contributed by atoms with Gasteiger partial charge in [-0.15, -0.1) is 11.3 Å². The van der Waals surface area contributed by atoms with Crippen LogP contribution in [0.5, 0.6) is 11.5 Å². The normalized spacial score (nSPS) is 10.1. The van der Waals surface area contributed by atoms with E-state index in [1.165, 1.54) is 25.4 Å². The van der Waals surface area contributed by atoms with Gasteiger partial charge in [0, 0.05) is 19.4 Å². The molecule has 0 aliphatic rings. The van der Waals surface area contributed by atoms with Crippen molar-refractivity contribution < 1.29 is 29.0 Å². The van der Waals surface area contributed by atoms with Gasteiger partial charge in [-0.1, -0.05) is 6.07 Å². The molecule has 0 fully saturated rings. The molecule has 1 heterocycles. The van der Waals surface area contributed by atoms with Crippen LogP contribution < -0.4 is 9.47 Å². The third-order valence-corrected chi connectivity index (χ3v) is 3.35. The SMILES string of the molecule is CC(=O)Oc1cccc(-c2scnc2C(=O)O)c1OC(C)=O. The van der Waals surface area contributed by atoms with Gasteiger partial charge in [0.05, 0.1) is 10.4 Å². The molecular weight excluding hydrogens is 310 g/mol. The highest BCUT2D eigenvalue weighted by molar-refractivity contribution is 7.13. The molecule has 7 nitrogen and oxygen atoms in total. The molecule has 0 saturated heterocycles. The van der Waals surface area contributed by atoms with Gasteiger partial charge in [-0.2, -0.15) is 0 Å². The number of aromatic nitrogens is 1. The van der Waals surface area contributed by atoms with Crippen molar-refractivity contribution in [3.8, 4) is 21.9 Å². The first-order valence-corrected chi connectivity index (χ1v) is 6.95. The Morgan fingerprint density at radius 2 is 1.82 bits per heavy atom. The van der Waals surface area contributed by atoms with Crippen molar-refractivity contribution in [2.45, 2.75) is 13.8 Å². The summed E-state index contributed by atoms with van der Waals surface area (Å²) in [6.45, 7) is 2.40. The van der Waals surface area contributed by atoms with Crippen molar-refractivity contribution in [1.82, 2.24) is 4.98 Å². The molecule has 2 aromatic rings. The molecule has 0 amide bonds. The largest absolute Gasteiger partial charge is 0.476 e. The molecule has 1 aromatic carbocycles. The van der Waals surface area contributed by atoms with Gasteiger partial charge in [-0.05, 0) is 12.1 Å². The summed E-state index contributed by atoms with van der Waals surface area (Å²) in [4.78, 5) is 37.7. The Hall–Kier alpha value is -2.74. The highest BCUT2D eigenvalue weighted by Gasteiger charge is 2.22. The summed E-state index contributed by atoms with van der Waals surface area (Å²) in [5, 5.41) is 9.15. The van der Waals surface area contributed by atoms with Crippen LogP contribution in [0.25, 0.3) is 10.4 Å². The van der Waals surface area contributed by atoms with E-state index in [2.05, 4.69) is 4.98 Å². The molecule has 2 rings (SSSR count). The zero-order valence-corrected chi connectivity index (χ0v) is 12.5. The number of carboxylic acids is 1. The Morgan fingerprint density at radius 3 is 2.41 bits per heavy atom. The Bertz CT molecular complexity index is 752. The Labute approximate surface area is 129 Å². The summed E-state index contributed by atoms with van der Waals surface area (Å²) in [5.41, 5.74) is 1.52. The zero-order valence-electron chi connectivity index (χ0n) is 11.7. The van der Waals surface area contributed by atoms with Crippen LogP contribution in [0.1, 0.15) is 24.3 Å². The molecule has 0 radical (unpaired) electrons. The van der Waals surface area contributed by atoms with Gasteiger partial charge >= 0.3 is 17.9 Å². The van der Waals surface area contributed by atoms with Gasteiger partial charge in [0.2, 0.25) is 0 Å². The average Bonchev–Trinajstić information content (AvgIpc) is 2.88. The van der Waals surface area contributed by atoms with E-state index in [0.29, 0.717) is 10.4 Å². The maximum absolute atomic E-state index is 11.3. The molecule has 0 spiro atoms. The minimum absolute atomic E-state index is 0.0167. The van der Waals surface area contributed by atoms with E-state index in [4.69, 9.17) is 14.6 Å². The summed E-state index contributed by atoms with van der Waals surface area (Å²) in [5.74, 6) is -2.40. The molecule has 0 aliphatic carbocycles. The molecule has 1 aromatic heterocycles. The molecule has 0 unspecified atom stereocenters. The molecule has 22 heavy (non-hydrogen) atoms. The van der Waals surface area contributed by atoms with E-state index in [1.807, 2.05) is 0 Å². The monoisotopic (exact) mass is 321 g/mol. The maximum atomic E-state index is 11.3. The summed E-state index contributed by atoms with van der Waals surface area (Å²) in [6.07, 6.45) is 0. The zero-order chi connectivity index (χ0) is 16.3. The van der Waals surface area contributed by atoms with Gasteiger partial charge in [0.25, 0.3) is 0 Å². The number of esters is 2. The molecule has 114 valence electrons. The average molecular weight is 321 g/mol. The fraction of sp³-hybridized carbons (Fsp3) is 0.143. The van der Waals surface area contributed by atoms with Gasteiger partial charge in [-0.3, -0.25) is 9.59 Å². The number of hydrogen-bond acceptors (Lipinski definition) is 7. The third-order valence-electron chi connectivity index (χ3n) is 2.49. The number of carboxylic acid groups (broad SMARTS) is 1. The number of carbonyl (C=O) groups is 3. The quantitative estimate of drug-likeness (QED) is 0.681. The van der Waals surface area contributed by atoms with E-state index >= 15 is 0 Å². The van der Waals surface area contributed by atoms with Gasteiger partial charge in [0.1, 0.15) is 0 Å². The first kappa shape index (κ1) is 15.6. The minimum atomic E-state index is -1.21. The van der Waals surface area contributed by atoms with Crippen LogP contribution in [-0.2, 0) is 9.59 Å². The lowest BCUT2D eigenvalue weighted by molar-refractivity contribution is -0.134. The van der Waals surface area contributed by atoms with Crippen molar-refractivity contribution in [3.05, 3.63) is 29.4 Å². The molecule has 0 aliphatic heterocycles. The number of para-hydroxylation sites is 1. The van der Waals surface area contributed by atoms with Crippen molar-refractivity contribution >= 4 is 29.2 Å². The molecule has 8 heteroatoms. The Kier molecular flexibility index (Phi) is 4.52. The lowest BCUT2D eigenvalue weighted by Gasteiger charge is -2.12. The molecule has 1 N–H and O–H groups in total. The molecule has 0 bridgehead atoms. The second kappa shape index (κ2) is 6.35. The second-order valence-corrected chi connectivity index (χ2v) is 5.01. The smallest absolute Gasteiger partial charge is 0.356 e. The first-order chi connectivity index (χ1) is 10.4. The van der Waals surface area contributed by atoms with Gasteiger partial charge < -0.3 is 14.6 Å². The van der Waals surface area contributed by atoms with E-state index < -0.39 is 17.9 Å². The van der Waals surface area contributed by atoms with E-state index in [-0.39, 0.29) is 17.2 Å². The highest BCUT2D eigenvalue weighted by Crippen LogP contribution is 2.41. The van der Waals surface area contributed by atoms with Crippen molar-refractivity contribution in [1.29, 1.82) is 0 Å². The molecule has 0 atom stereocenters. The van der Waals surface area contributed by atoms with Crippen molar-refractivity contribution in [2.24, 2.45) is 0 Å². The van der Waals surface area contributed by atoms with Crippen molar-refractivity contribution in [3.63, 3.8) is 0 Å². The fourth-order valence-corrected chi connectivity index (χ4v) is 2.57. The number of nitrogens with zero attached hydrogens (tertiary/aromatic N) is 1. The second-order valence-electron chi connectivity index (χ2n) is 4.16. The van der Waals surface area contributed by atoms with Crippen molar-refractivity contribution in [2.75, 3.05) is 0 Å². The fourth-order valence-electron chi connectivity index (χ4n) is 1.77. The van der Waals surface area contributed by atoms with Crippen LogP contribution in [0.3, 0.4) is 0 Å². The van der Waals surface area contributed by atoms with Crippen LogP contribution in [-0.4, -0.2) is 28.0 Å². The lowest BCUT2D eigenvalue weighted by Crippen LogP contribution is -2.08. The molecular formula is C14H11NO6S. The number of aromatic carboxylic acids is 1. The minimum Gasteiger partial charge on any atom is -0.476 e. The lowest BCUT2D eigenvalue weighted by atomic mass is 10.1. The summed E-state index contributed by atoms with van der Waals surface area (Å²) in [7, 11) is 0. The predicted molar refractivity (Wildman–Crippen MR) is 77.1 cm³/mol.